The van der Waals surface area contributed by atoms with Crippen LogP contribution in [0.4, 0.5) is 0 Å². The maximum absolute atomic E-state index is 6.63. The number of rotatable bonds is 5. The topological polar surface area (TPSA) is 18.5 Å². The molecule has 1 aliphatic heterocycles. The normalized spacial score (nSPS) is 14.2. The molecule has 5 rings (SSSR count). The van der Waals surface area contributed by atoms with Gasteiger partial charge in [0.2, 0.25) is 0 Å². The molecule has 1 heterocycles. The van der Waals surface area contributed by atoms with Crippen LogP contribution >= 0.6 is 0 Å². The van der Waals surface area contributed by atoms with E-state index in [0.717, 1.165) is 22.6 Å². The molecule has 0 aliphatic carbocycles. The van der Waals surface area contributed by atoms with E-state index in [1.54, 1.807) is 0 Å². The highest BCUT2D eigenvalue weighted by Crippen LogP contribution is 2.46. The first-order chi connectivity index (χ1) is 15.8. The molecule has 0 aromatic heterocycles. The standard InChI is InChI=1S/C30H32O2/c1-3-9-21(10-4-2)24-19-31-27-17-15-22-11-5-7-13-25(22)29(27)30-26-14-8-6-12-23(26)16-18-28(30)32-20-24/h5-8,11-18,21,24H,3-4,9-10,19-20H2,1-2H3. The number of benzene rings is 4. The van der Waals surface area contributed by atoms with Crippen molar-refractivity contribution in [3.63, 3.8) is 0 Å². The summed E-state index contributed by atoms with van der Waals surface area (Å²) < 4.78 is 13.3. The fraction of sp³-hybridized carbons (Fsp3) is 0.333. The minimum atomic E-state index is 0.381. The summed E-state index contributed by atoms with van der Waals surface area (Å²) in [5.74, 6) is 2.93. The fourth-order valence-electron chi connectivity index (χ4n) is 5.33. The van der Waals surface area contributed by atoms with Crippen LogP contribution in [0.1, 0.15) is 39.5 Å². The average Bonchev–Trinajstić information content (AvgIpc) is 2.91. The van der Waals surface area contributed by atoms with Gasteiger partial charge < -0.3 is 9.47 Å². The summed E-state index contributed by atoms with van der Waals surface area (Å²) in [7, 11) is 0. The van der Waals surface area contributed by atoms with Gasteiger partial charge in [-0.3, -0.25) is 0 Å². The van der Waals surface area contributed by atoms with Crippen LogP contribution < -0.4 is 9.47 Å². The van der Waals surface area contributed by atoms with E-state index in [1.165, 1.54) is 47.2 Å². The summed E-state index contributed by atoms with van der Waals surface area (Å²) in [6.07, 6.45) is 4.84. The molecule has 4 aromatic carbocycles. The van der Waals surface area contributed by atoms with E-state index >= 15 is 0 Å². The van der Waals surface area contributed by atoms with Crippen LogP contribution in [0.25, 0.3) is 32.7 Å². The van der Waals surface area contributed by atoms with Crippen LogP contribution in [-0.2, 0) is 0 Å². The molecule has 0 spiro atoms. The Bertz CT molecular complexity index is 1130. The van der Waals surface area contributed by atoms with Crippen molar-refractivity contribution in [2.24, 2.45) is 11.8 Å². The summed E-state index contributed by atoms with van der Waals surface area (Å²) in [6, 6.07) is 25.9. The third-order valence-corrected chi connectivity index (χ3v) is 6.92. The van der Waals surface area contributed by atoms with Gasteiger partial charge in [-0.25, -0.2) is 0 Å². The second-order valence-electron chi connectivity index (χ2n) is 9.04. The van der Waals surface area contributed by atoms with Crippen molar-refractivity contribution in [2.75, 3.05) is 13.2 Å². The Labute approximate surface area is 191 Å². The highest BCUT2D eigenvalue weighted by molar-refractivity contribution is 6.09. The van der Waals surface area contributed by atoms with E-state index in [0.29, 0.717) is 25.0 Å². The molecule has 0 radical (unpaired) electrons. The van der Waals surface area contributed by atoms with E-state index in [1.807, 2.05) is 0 Å². The third-order valence-electron chi connectivity index (χ3n) is 6.92. The Balaban J connectivity index is 1.73. The fourth-order valence-corrected chi connectivity index (χ4v) is 5.33. The van der Waals surface area contributed by atoms with Gasteiger partial charge in [-0.15, -0.1) is 0 Å². The molecule has 0 bridgehead atoms. The molecule has 2 nitrogen and oxygen atoms in total. The van der Waals surface area contributed by atoms with Crippen molar-refractivity contribution < 1.29 is 9.47 Å². The van der Waals surface area contributed by atoms with Crippen molar-refractivity contribution >= 4 is 21.5 Å². The van der Waals surface area contributed by atoms with E-state index < -0.39 is 0 Å². The van der Waals surface area contributed by atoms with Gasteiger partial charge in [0.15, 0.2) is 0 Å². The lowest BCUT2D eigenvalue weighted by Crippen LogP contribution is -2.27. The molecule has 32 heavy (non-hydrogen) atoms. The minimum absolute atomic E-state index is 0.381. The molecule has 0 atom stereocenters. The van der Waals surface area contributed by atoms with Gasteiger partial charge >= 0.3 is 0 Å². The first-order valence-electron chi connectivity index (χ1n) is 12.1. The molecule has 0 saturated carbocycles. The zero-order valence-electron chi connectivity index (χ0n) is 19.1. The summed E-state index contributed by atoms with van der Waals surface area (Å²) in [5.41, 5.74) is 2.30. The highest BCUT2D eigenvalue weighted by Gasteiger charge is 2.26. The van der Waals surface area contributed by atoms with Crippen LogP contribution in [-0.4, -0.2) is 13.2 Å². The smallest absolute Gasteiger partial charge is 0.127 e. The second-order valence-corrected chi connectivity index (χ2v) is 9.04. The Morgan fingerprint density at radius 1 is 0.656 bits per heavy atom. The molecule has 164 valence electrons. The van der Waals surface area contributed by atoms with Gasteiger partial charge in [0.05, 0.1) is 13.2 Å². The monoisotopic (exact) mass is 424 g/mol. The van der Waals surface area contributed by atoms with Crippen LogP contribution in [0.3, 0.4) is 0 Å². The van der Waals surface area contributed by atoms with E-state index in [-0.39, 0.29) is 0 Å². The molecule has 0 unspecified atom stereocenters. The van der Waals surface area contributed by atoms with Gasteiger partial charge in [0, 0.05) is 17.0 Å². The lowest BCUT2D eigenvalue weighted by atomic mass is 9.86. The maximum Gasteiger partial charge on any atom is 0.127 e. The maximum atomic E-state index is 6.63. The number of fused-ring (bicyclic) bond motifs is 7. The van der Waals surface area contributed by atoms with Crippen molar-refractivity contribution in [2.45, 2.75) is 39.5 Å². The van der Waals surface area contributed by atoms with Crippen LogP contribution in [0.2, 0.25) is 0 Å². The molecule has 0 N–H and O–H groups in total. The Hall–Kier alpha value is -3.00. The molecule has 0 fully saturated rings. The molecule has 2 heteroatoms. The molecule has 0 saturated heterocycles. The van der Waals surface area contributed by atoms with E-state index in [2.05, 4.69) is 86.6 Å². The first kappa shape index (κ1) is 20.9. The molecule has 1 aliphatic rings. The van der Waals surface area contributed by atoms with Gasteiger partial charge in [-0.1, -0.05) is 100 Å². The second kappa shape index (κ2) is 9.24. The molecule has 4 aromatic rings. The van der Waals surface area contributed by atoms with Crippen LogP contribution in [0, 0.1) is 11.8 Å². The Kier molecular flexibility index (Phi) is 6.03. The zero-order valence-corrected chi connectivity index (χ0v) is 19.1. The summed E-state index contributed by atoms with van der Waals surface area (Å²) in [4.78, 5) is 0. The predicted octanol–water partition coefficient (Wildman–Crippen LogP) is 8.26. The quantitative estimate of drug-likeness (QED) is 0.321. The summed E-state index contributed by atoms with van der Waals surface area (Å²) in [6.45, 7) is 5.95. The third kappa shape index (κ3) is 3.83. The predicted molar refractivity (Wildman–Crippen MR) is 135 cm³/mol. The number of hydrogen-bond donors (Lipinski definition) is 0. The van der Waals surface area contributed by atoms with E-state index in [9.17, 15) is 0 Å². The largest absolute Gasteiger partial charge is 0.492 e. The van der Waals surface area contributed by atoms with Crippen molar-refractivity contribution in [1.82, 2.24) is 0 Å². The lowest BCUT2D eigenvalue weighted by molar-refractivity contribution is 0.121. The molecule has 0 amide bonds. The van der Waals surface area contributed by atoms with Gasteiger partial charge in [-0.05, 0) is 39.6 Å². The first-order valence-corrected chi connectivity index (χ1v) is 12.1. The van der Waals surface area contributed by atoms with Crippen LogP contribution in [0.15, 0.2) is 72.8 Å². The van der Waals surface area contributed by atoms with Gasteiger partial charge in [0.25, 0.3) is 0 Å². The van der Waals surface area contributed by atoms with E-state index in [4.69, 9.17) is 9.47 Å². The SMILES string of the molecule is CCCC(CCC)C1COc2ccc3ccccc3c2-c2c(ccc3ccccc23)OC1. The number of hydrogen-bond acceptors (Lipinski definition) is 2. The summed E-state index contributed by atoms with van der Waals surface area (Å²) in [5, 5.41) is 4.87. The Morgan fingerprint density at radius 2 is 1.12 bits per heavy atom. The minimum Gasteiger partial charge on any atom is -0.492 e. The summed E-state index contributed by atoms with van der Waals surface area (Å²) >= 11 is 0. The van der Waals surface area contributed by atoms with Gasteiger partial charge in [-0.2, -0.15) is 0 Å². The lowest BCUT2D eigenvalue weighted by Gasteiger charge is -2.26. The van der Waals surface area contributed by atoms with Crippen molar-refractivity contribution in [3.05, 3.63) is 72.8 Å². The molecular weight excluding hydrogens is 392 g/mol. The molecular formula is C30H32O2. The number of ether oxygens (including phenoxy) is 2. The van der Waals surface area contributed by atoms with Crippen molar-refractivity contribution in [1.29, 1.82) is 0 Å². The van der Waals surface area contributed by atoms with Crippen LogP contribution in [0.5, 0.6) is 11.5 Å². The zero-order chi connectivity index (χ0) is 21.9. The Morgan fingerprint density at radius 3 is 1.59 bits per heavy atom. The van der Waals surface area contributed by atoms with Crippen molar-refractivity contribution in [3.8, 4) is 22.6 Å². The highest BCUT2D eigenvalue weighted by atomic mass is 16.5. The van der Waals surface area contributed by atoms with Gasteiger partial charge in [0.1, 0.15) is 11.5 Å². The average molecular weight is 425 g/mol.